The molecule has 0 aliphatic rings. The number of benzene rings is 2. The van der Waals surface area contributed by atoms with Gasteiger partial charge in [-0.3, -0.25) is 4.79 Å². The zero-order chi connectivity index (χ0) is 18.4. The summed E-state index contributed by atoms with van der Waals surface area (Å²) in [6.07, 6.45) is 0. The van der Waals surface area contributed by atoms with Crippen LogP contribution in [0.5, 0.6) is 11.5 Å². The summed E-state index contributed by atoms with van der Waals surface area (Å²) in [5, 5.41) is 2.94. The van der Waals surface area contributed by atoms with Gasteiger partial charge in [0.2, 0.25) is 0 Å². The van der Waals surface area contributed by atoms with Crippen LogP contribution in [0.4, 0.5) is 0 Å². The van der Waals surface area contributed by atoms with E-state index in [0.29, 0.717) is 12.4 Å². The first-order valence-corrected chi connectivity index (χ1v) is 9.11. The van der Waals surface area contributed by atoms with E-state index in [4.69, 9.17) is 9.47 Å². The standard InChI is InChI=1S/C20H24BrNO3/c1-5-24-17-8-6-16(7-9-17)15(4)22-19(23)12-25-18-10-13(2)20(21)14(3)11-18/h6-11,15H,5,12H2,1-4H3,(H,22,23). The van der Waals surface area contributed by atoms with Crippen molar-refractivity contribution in [2.75, 3.05) is 13.2 Å². The van der Waals surface area contributed by atoms with E-state index in [1.807, 2.05) is 64.1 Å². The van der Waals surface area contributed by atoms with Crippen molar-refractivity contribution in [3.8, 4) is 11.5 Å². The summed E-state index contributed by atoms with van der Waals surface area (Å²) >= 11 is 3.52. The molecule has 0 heterocycles. The predicted molar refractivity (Wildman–Crippen MR) is 103 cm³/mol. The molecule has 0 spiro atoms. The molecule has 1 N–H and O–H groups in total. The van der Waals surface area contributed by atoms with Crippen LogP contribution in [-0.4, -0.2) is 19.1 Å². The monoisotopic (exact) mass is 405 g/mol. The lowest BCUT2D eigenvalue weighted by atomic mass is 10.1. The Morgan fingerprint density at radius 2 is 1.68 bits per heavy atom. The van der Waals surface area contributed by atoms with Gasteiger partial charge in [0.1, 0.15) is 11.5 Å². The normalized spacial score (nSPS) is 11.7. The summed E-state index contributed by atoms with van der Waals surface area (Å²) in [5.41, 5.74) is 3.18. The molecular formula is C20H24BrNO3. The molecule has 25 heavy (non-hydrogen) atoms. The Morgan fingerprint density at radius 3 is 2.24 bits per heavy atom. The molecule has 0 saturated heterocycles. The zero-order valence-electron chi connectivity index (χ0n) is 15.1. The van der Waals surface area contributed by atoms with Crippen molar-refractivity contribution in [1.82, 2.24) is 5.32 Å². The van der Waals surface area contributed by atoms with Gasteiger partial charge in [0, 0.05) is 4.47 Å². The maximum absolute atomic E-state index is 12.1. The van der Waals surface area contributed by atoms with Gasteiger partial charge >= 0.3 is 0 Å². The lowest BCUT2D eigenvalue weighted by Gasteiger charge is -2.16. The van der Waals surface area contributed by atoms with Gasteiger partial charge in [-0.2, -0.15) is 0 Å². The molecule has 1 unspecified atom stereocenters. The maximum atomic E-state index is 12.1. The minimum absolute atomic E-state index is 0.0120. The highest BCUT2D eigenvalue weighted by atomic mass is 79.9. The number of hydrogen-bond donors (Lipinski definition) is 1. The third-order valence-electron chi connectivity index (χ3n) is 3.85. The Hall–Kier alpha value is -2.01. The largest absolute Gasteiger partial charge is 0.494 e. The SMILES string of the molecule is CCOc1ccc(C(C)NC(=O)COc2cc(C)c(Br)c(C)c2)cc1. The Kier molecular flexibility index (Phi) is 6.88. The molecule has 0 aromatic heterocycles. The van der Waals surface area contributed by atoms with Crippen LogP contribution < -0.4 is 14.8 Å². The summed E-state index contributed by atoms with van der Waals surface area (Å²) < 4.78 is 12.1. The highest BCUT2D eigenvalue weighted by molar-refractivity contribution is 9.10. The van der Waals surface area contributed by atoms with Gasteiger partial charge in [-0.1, -0.05) is 28.1 Å². The van der Waals surface area contributed by atoms with Crippen molar-refractivity contribution < 1.29 is 14.3 Å². The van der Waals surface area contributed by atoms with Crippen LogP contribution >= 0.6 is 15.9 Å². The van der Waals surface area contributed by atoms with Crippen LogP contribution in [0.1, 0.15) is 36.6 Å². The second kappa shape index (κ2) is 8.90. The van der Waals surface area contributed by atoms with Crippen molar-refractivity contribution in [2.45, 2.75) is 33.7 Å². The fourth-order valence-corrected chi connectivity index (χ4v) is 2.75. The minimum atomic E-state index is -0.153. The van der Waals surface area contributed by atoms with Gasteiger partial charge in [0.05, 0.1) is 12.6 Å². The fourth-order valence-electron chi connectivity index (χ4n) is 2.52. The van der Waals surface area contributed by atoms with Gasteiger partial charge in [0.15, 0.2) is 6.61 Å². The topological polar surface area (TPSA) is 47.6 Å². The number of ether oxygens (including phenoxy) is 2. The minimum Gasteiger partial charge on any atom is -0.494 e. The Labute approximate surface area is 157 Å². The number of aryl methyl sites for hydroxylation is 2. The van der Waals surface area contributed by atoms with E-state index in [9.17, 15) is 4.79 Å². The molecule has 1 amide bonds. The van der Waals surface area contributed by atoms with Crippen molar-refractivity contribution >= 4 is 21.8 Å². The molecule has 4 nitrogen and oxygen atoms in total. The van der Waals surface area contributed by atoms with Gasteiger partial charge in [-0.15, -0.1) is 0 Å². The number of nitrogens with one attached hydrogen (secondary N) is 1. The third kappa shape index (κ3) is 5.49. The number of amides is 1. The second-order valence-electron chi connectivity index (χ2n) is 5.95. The first-order chi connectivity index (χ1) is 11.9. The first kappa shape index (κ1) is 19.3. The van der Waals surface area contributed by atoms with E-state index < -0.39 is 0 Å². The van der Waals surface area contributed by atoms with E-state index in [1.54, 1.807) is 0 Å². The highest BCUT2D eigenvalue weighted by Gasteiger charge is 2.11. The fraction of sp³-hybridized carbons (Fsp3) is 0.350. The zero-order valence-corrected chi connectivity index (χ0v) is 16.6. The number of rotatable bonds is 7. The summed E-state index contributed by atoms with van der Waals surface area (Å²) in [6.45, 7) is 8.52. The molecule has 2 aromatic rings. The molecule has 5 heteroatoms. The van der Waals surface area contributed by atoms with E-state index >= 15 is 0 Å². The smallest absolute Gasteiger partial charge is 0.258 e. The quantitative estimate of drug-likeness (QED) is 0.724. The predicted octanol–water partition coefficient (Wildman–Crippen LogP) is 4.72. The molecule has 2 rings (SSSR count). The highest BCUT2D eigenvalue weighted by Crippen LogP contribution is 2.26. The van der Waals surface area contributed by atoms with Crippen LogP contribution in [-0.2, 0) is 4.79 Å². The lowest BCUT2D eigenvalue weighted by molar-refractivity contribution is -0.123. The average Bonchev–Trinajstić information content (AvgIpc) is 2.58. The summed E-state index contributed by atoms with van der Waals surface area (Å²) in [5.74, 6) is 1.37. The van der Waals surface area contributed by atoms with E-state index in [1.165, 1.54) is 0 Å². The molecule has 0 radical (unpaired) electrons. The molecular weight excluding hydrogens is 382 g/mol. The number of carbonyl (C=O) groups excluding carboxylic acids is 1. The Bertz CT molecular complexity index is 705. The van der Waals surface area contributed by atoms with E-state index in [2.05, 4.69) is 21.2 Å². The molecule has 0 saturated carbocycles. The summed E-state index contributed by atoms with van der Waals surface area (Å²) in [7, 11) is 0. The van der Waals surface area contributed by atoms with Crippen molar-refractivity contribution in [2.24, 2.45) is 0 Å². The second-order valence-corrected chi connectivity index (χ2v) is 6.74. The average molecular weight is 406 g/mol. The molecule has 1 atom stereocenters. The van der Waals surface area contributed by atoms with Crippen LogP contribution in [0.15, 0.2) is 40.9 Å². The lowest BCUT2D eigenvalue weighted by Crippen LogP contribution is -2.31. The third-order valence-corrected chi connectivity index (χ3v) is 5.10. The molecule has 134 valence electrons. The molecule has 0 bridgehead atoms. The Morgan fingerprint density at radius 1 is 1.08 bits per heavy atom. The maximum Gasteiger partial charge on any atom is 0.258 e. The van der Waals surface area contributed by atoms with E-state index in [0.717, 1.165) is 26.9 Å². The van der Waals surface area contributed by atoms with Gasteiger partial charge in [-0.05, 0) is 68.7 Å². The molecule has 0 aliphatic carbocycles. The van der Waals surface area contributed by atoms with Crippen molar-refractivity contribution in [3.05, 3.63) is 57.6 Å². The van der Waals surface area contributed by atoms with Crippen LogP contribution in [0.3, 0.4) is 0 Å². The first-order valence-electron chi connectivity index (χ1n) is 8.32. The van der Waals surface area contributed by atoms with Gasteiger partial charge < -0.3 is 14.8 Å². The van der Waals surface area contributed by atoms with Gasteiger partial charge in [-0.25, -0.2) is 0 Å². The van der Waals surface area contributed by atoms with Crippen molar-refractivity contribution in [3.63, 3.8) is 0 Å². The van der Waals surface area contributed by atoms with Crippen LogP contribution in [0, 0.1) is 13.8 Å². The van der Waals surface area contributed by atoms with Gasteiger partial charge in [0.25, 0.3) is 5.91 Å². The number of hydrogen-bond acceptors (Lipinski definition) is 3. The molecule has 0 fully saturated rings. The van der Waals surface area contributed by atoms with Crippen LogP contribution in [0.25, 0.3) is 0 Å². The van der Waals surface area contributed by atoms with Crippen molar-refractivity contribution in [1.29, 1.82) is 0 Å². The number of halogens is 1. The Balaban J connectivity index is 1.89. The summed E-state index contributed by atoms with van der Waals surface area (Å²) in [6, 6.07) is 11.5. The molecule has 0 aliphatic heterocycles. The van der Waals surface area contributed by atoms with E-state index in [-0.39, 0.29) is 18.6 Å². The number of carbonyl (C=O) groups is 1. The summed E-state index contributed by atoms with van der Waals surface area (Å²) in [4.78, 5) is 12.1. The molecule has 2 aromatic carbocycles. The van der Waals surface area contributed by atoms with Crippen LogP contribution in [0.2, 0.25) is 0 Å².